The number of carbonyl (C=O) groups is 1. The van der Waals surface area contributed by atoms with Gasteiger partial charge in [0.05, 0.1) is 6.61 Å². The zero-order valence-electron chi connectivity index (χ0n) is 11.0. The van der Waals surface area contributed by atoms with Crippen LogP contribution in [0.25, 0.3) is 0 Å². The molecular formula is C17H15NO2. The van der Waals surface area contributed by atoms with E-state index in [9.17, 15) is 4.79 Å². The van der Waals surface area contributed by atoms with Gasteiger partial charge < -0.3 is 10.4 Å². The number of benzene rings is 2. The Morgan fingerprint density at radius 3 is 2.55 bits per heavy atom. The van der Waals surface area contributed by atoms with Gasteiger partial charge in [-0.1, -0.05) is 48.4 Å². The smallest absolute Gasteiger partial charge is 0.296 e. The topological polar surface area (TPSA) is 49.3 Å². The number of hydrogen-bond donors (Lipinski definition) is 2. The molecule has 0 fully saturated rings. The lowest BCUT2D eigenvalue weighted by Gasteiger charge is -2.03. The summed E-state index contributed by atoms with van der Waals surface area (Å²) < 4.78 is 0. The fourth-order valence-electron chi connectivity index (χ4n) is 1.71. The van der Waals surface area contributed by atoms with Crippen molar-refractivity contribution in [1.82, 2.24) is 5.32 Å². The summed E-state index contributed by atoms with van der Waals surface area (Å²) in [5.41, 5.74) is 2.57. The molecule has 2 N–H and O–H groups in total. The van der Waals surface area contributed by atoms with E-state index in [-0.39, 0.29) is 12.5 Å². The van der Waals surface area contributed by atoms with Crippen LogP contribution < -0.4 is 5.32 Å². The van der Waals surface area contributed by atoms with Crippen molar-refractivity contribution in [3.05, 3.63) is 71.3 Å². The van der Waals surface area contributed by atoms with E-state index in [2.05, 4.69) is 17.2 Å². The third-order valence-electron chi connectivity index (χ3n) is 2.72. The zero-order chi connectivity index (χ0) is 14.2. The van der Waals surface area contributed by atoms with Crippen molar-refractivity contribution < 1.29 is 9.90 Å². The van der Waals surface area contributed by atoms with Crippen LogP contribution in [0.3, 0.4) is 0 Å². The Balaban J connectivity index is 1.91. The minimum absolute atomic E-state index is 0.00437. The van der Waals surface area contributed by atoms with Gasteiger partial charge in [-0.05, 0) is 23.3 Å². The summed E-state index contributed by atoms with van der Waals surface area (Å²) >= 11 is 0. The third kappa shape index (κ3) is 4.27. The first kappa shape index (κ1) is 13.9. The fraction of sp³-hybridized carbons (Fsp3) is 0.118. The molecule has 0 bridgehead atoms. The highest BCUT2D eigenvalue weighted by atomic mass is 16.3. The van der Waals surface area contributed by atoms with E-state index in [4.69, 9.17) is 5.11 Å². The van der Waals surface area contributed by atoms with Gasteiger partial charge in [0, 0.05) is 18.0 Å². The maximum atomic E-state index is 11.6. The van der Waals surface area contributed by atoms with Gasteiger partial charge in [-0.15, -0.1) is 0 Å². The Bertz CT molecular complexity index is 639. The van der Waals surface area contributed by atoms with Crippen molar-refractivity contribution in [3.63, 3.8) is 0 Å². The molecule has 3 heteroatoms. The van der Waals surface area contributed by atoms with E-state index >= 15 is 0 Å². The van der Waals surface area contributed by atoms with E-state index in [1.165, 1.54) is 0 Å². The first-order chi connectivity index (χ1) is 9.78. The lowest BCUT2D eigenvalue weighted by molar-refractivity contribution is -0.115. The number of aliphatic hydroxyl groups is 1. The summed E-state index contributed by atoms with van der Waals surface area (Å²) in [6, 6.07) is 16.8. The fourth-order valence-corrected chi connectivity index (χ4v) is 1.71. The van der Waals surface area contributed by atoms with Crippen molar-refractivity contribution in [2.75, 3.05) is 0 Å². The van der Waals surface area contributed by atoms with Gasteiger partial charge in [-0.3, -0.25) is 4.79 Å². The SMILES string of the molecule is O=C(C#Cc1ccccc1)NCc1cccc(CO)c1. The molecule has 100 valence electrons. The number of amides is 1. The second kappa shape index (κ2) is 7.13. The number of rotatable bonds is 3. The molecule has 3 nitrogen and oxygen atoms in total. The van der Waals surface area contributed by atoms with E-state index < -0.39 is 0 Å². The molecule has 0 unspecified atom stereocenters. The maximum absolute atomic E-state index is 11.6. The Kier molecular flexibility index (Phi) is 4.94. The molecule has 0 atom stereocenters. The summed E-state index contributed by atoms with van der Waals surface area (Å²) in [5, 5.41) is 11.8. The molecule has 0 spiro atoms. The van der Waals surface area contributed by atoms with Crippen LogP contribution >= 0.6 is 0 Å². The van der Waals surface area contributed by atoms with Crippen molar-refractivity contribution in [3.8, 4) is 11.8 Å². The zero-order valence-corrected chi connectivity index (χ0v) is 11.0. The minimum atomic E-state index is -0.316. The van der Waals surface area contributed by atoms with Crippen molar-refractivity contribution in [2.24, 2.45) is 0 Å². The van der Waals surface area contributed by atoms with Crippen LogP contribution in [0, 0.1) is 11.8 Å². The predicted octanol–water partition coefficient (Wildman–Crippen LogP) is 1.85. The van der Waals surface area contributed by atoms with Crippen LogP contribution in [0.15, 0.2) is 54.6 Å². The molecule has 0 aromatic heterocycles. The molecule has 2 aromatic rings. The summed E-state index contributed by atoms with van der Waals surface area (Å²) in [6.45, 7) is 0.395. The molecule has 0 aliphatic heterocycles. The number of hydrogen-bond acceptors (Lipinski definition) is 2. The largest absolute Gasteiger partial charge is 0.392 e. The third-order valence-corrected chi connectivity index (χ3v) is 2.72. The van der Waals surface area contributed by atoms with E-state index in [1.807, 2.05) is 54.6 Å². The van der Waals surface area contributed by atoms with Gasteiger partial charge in [-0.2, -0.15) is 0 Å². The van der Waals surface area contributed by atoms with Gasteiger partial charge in [0.15, 0.2) is 0 Å². The summed E-state index contributed by atoms with van der Waals surface area (Å²) in [5.74, 6) is 5.03. The van der Waals surface area contributed by atoms with Crippen LogP contribution in [-0.2, 0) is 17.9 Å². The quantitative estimate of drug-likeness (QED) is 0.832. The molecule has 0 radical (unpaired) electrons. The molecule has 0 saturated carbocycles. The molecule has 2 rings (SSSR count). The monoisotopic (exact) mass is 265 g/mol. The summed E-state index contributed by atoms with van der Waals surface area (Å²) in [7, 11) is 0. The molecule has 0 aliphatic carbocycles. The van der Waals surface area contributed by atoms with Crippen LogP contribution in [0.2, 0.25) is 0 Å². The standard InChI is InChI=1S/C17H15NO2/c19-13-16-8-4-7-15(11-16)12-18-17(20)10-9-14-5-2-1-3-6-14/h1-8,11,19H,12-13H2,(H,18,20). The van der Waals surface area contributed by atoms with E-state index in [0.717, 1.165) is 16.7 Å². The molecule has 0 saturated heterocycles. The Morgan fingerprint density at radius 1 is 1.05 bits per heavy atom. The van der Waals surface area contributed by atoms with Gasteiger partial charge in [-0.25, -0.2) is 0 Å². The highest BCUT2D eigenvalue weighted by Crippen LogP contribution is 2.04. The summed E-state index contributed by atoms with van der Waals surface area (Å²) in [6.07, 6.45) is 0. The Hall–Kier alpha value is -2.57. The molecule has 0 aliphatic rings. The number of carbonyl (C=O) groups excluding carboxylic acids is 1. The maximum Gasteiger partial charge on any atom is 0.296 e. The highest BCUT2D eigenvalue weighted by Gasteiger charge is 1.98. The molecular weight excluding hydrogens is 250 g/mol. The van der Waals surface area contributed by atoms with Gasteiger partial charge in [0.2, 0.25) is 0 Å². The van der Waals surface area contributed by atoms with Gasteiger partial charge in [0.25, 0.3) is 5.91 Å². The normalized spacial score (nSPS) is 9.45. The Labute approximate surface area is 118 Å². The van der Waals surface area contributed by atoms with Crippen LogP contribution in [0.1, 0.15) is 16.7 Å². The predicted molar refractivity (Wildman–Crippen MR) is 77.5 cm³/mol. The first-order valence-electron chi connectivity index (χ1n) is 6.31. The average molecular weight is 265 g/mol. The van der Waals surface area contributed by atoms with Crippen molar-refractivity contribution >= 4 is 5.91 Å². The minimum Gasteiger partial charge on any atom is -0.392 e. The lowest BCUT2D eigenvalue weighted by atomic mass is 10.1. The second-order valence-electron chi connectivity index (χ2n) is 4.28. The van der Waals surface area contributed by atoms with Crippen LogP contribution in [0.4, 0.5) is 0 Å². The van der Waals surface area contributed by atoms with E-state index in [0.29, 0.717) is 6.54 Å². The Morgan fingerprint density at radius 2 is 1.80 bits per heavy atom. The molecule has 20 heavy (non-hydrogen) atoms. The number of aliphatic hydroxyl groups excluding tert-OH is 1. The highest BCUT2D eigenvalue weighted by molar-refractivity contribution is 5.94. The summed E-state index contributed by atoms with van der Waals surface area (Å²) in [4.78, 5) is 11.6. The molecule has 1 amide bonds. The second-order valence-corrected chi connectivity index (χ2v) is 4.28. The van der Waals surface area contributed by atoms with Gasteiger partial charge in [0.1, 0.15) is 0 Å². The van der Waals surface area contributed by atoms with Crippen molar-refractivity contribution in [2.45, 2.75) is 13.2 Å². The lowest BCUT2D eigenvalue weighted by Crippen LogP contribution is -2.20. The first-order valence-corrected chi connectivity index (χ1v) is 6.31. The van der Waals surface area contributed by atoms with Crippen LogP contribution in [-0.4, -0.2) is 11.0 Å². The number of nitrogens with one attached hydrogen (secondary N) is 1. The molecule has 2 aromatic carbocycles. The van der Waals surface area contributed by atoms with E-state index in [1.54, 1.807) is 0 Å². The molecule has 0 heterocycles. The van der Waals surface area contributed by atoms with Crippen molar-refractivity contribution in [1.29, 1.82) is 0 Å². The van der Waals surface area contributed by atoms with Crippen LogP contribution in [0.5, 0.6) is 0 Å². The van der Waals surface area contributed by atoms with Gasteiger partial charge >= 0.3 is 0 Å². The average Bonchev–Trinajstić information content (AvgIpc) is 2.52.